The van der Waals surface area contributed by atoms with E-state index in [1.807, 2.05) is 0 Å². The Morgan fingerprint density at radius 1 is 0.328 bits per heavy atom. The number of carbonyl (C=O) groups is 3. The molecule has 0 heterocycles. The predicted octanol–water partition coefficient (Wildman–Crippen LogP) is 17.8. The third-order valence-corrected chi connectivity index (χ3v) is 12.9. The number of unbranched alkanes of at least 4 members (excludes halogenated alkanes) is 36. The topological polar surface area (TPSA) is 78.9 Å². The van der Waals surface area contributed by atoms with Crippen molar-refractivity contribution in [3.63, 3.8) is 0 Å². The van der Waals surface area contributed by atoms with Gasteiger partial charge in [0.2, 0.25) is 0 Å². The zero-order valence-corrected chi connectivity index (χ0v) is 41.6. The molecule has 0 spiro atoms. The molecular weight excluding hydrogens is 757 g/mol. The highest BCUT2D eigenvalue weighted by atomic mass is 16.6. The Kier molecular flexibility index (Phi) is 48.1. The van der Waals surface area contributed by atoms with Crippen LogP contribution in [-0.4, -0.2) is 37.2 Å². The third kappa shape index (κ3) is 47.7. The normalized spacial score (nSPS) is 12.4. The molecule has 0 radical (unpaired) electrons. The van der Waals surface area contributed by atoms with Crippen molar-refractivity contribution in [2.45, 2.75) is 316 Å². The van der Waals surface area contributed by atoms with E-state index in [9.17, 15) is 14.4 Å². The summed E-state index contributed by atoms with van der Waals surface area (Å²) in [5, 5.41) is 0. The van der Waals surface area contributed by atoms with Crippen molar-refractivity contribution in [2.24, 2.45) is 5.92 Å². The van der Waals surface area contributed by atoms with Crippen molar-refractivity contribution in [3.05, 3.63) is 0 Å². The molecule has 0 aliphatic heterocycles. The first-order chi connectivity index (χ1) is 29.9. The molecule has 362 valence electrons. The number of esters is 3. The van der Waals surface area contributed by atoms with Crippen molar-refractivity contribution >= 4 is 17.9 Å². The van der Waals surface area contributed by atoms with Gasteiger partial charge in [-0.25, -0.2) is 0 Å². The van der Waals surface area contributed by atoms with Gasteiger partial charge in [-0.2, -0.15) is 0 Å². The van der Waals surface area contributed by atoms with Crippen molar-refractivity contribution in [2.75, 3.05) is 13.2 Å². The van der Waals surface area contributed by atoms with E-state index in [1.54, 1.807) is 0 Å². The molecule has 0 saturated carbocycles. The van der Waals surface area contributed by atoms with Gasteiger partial charge < -0.3 is 14.2 Å². The summed E-state index contributed by atoms with van der Waals surface area (Å²) in [4.78, 5) is 38.0. The molecule has 1 unspecified atom stereocenters. The molecule has 0 amide bonds. The molecule has 0 aromatic heterocycles. The van der Waals surface area contributed by atoms with Gasteiger partial charge >= 0.3 is 17.9 Å². The lowest BCUT2D eigenvalue weighted by Gasteiger charge is -2.18. The monoisotopic (exact) mass is 863 g/mol. The zero-order chi connectivity index (χ0) is 44.5. The molecule has 0 aromatic rings. The number of ether oxygens (including phenoxy) is 3. The van der Waals surface area contributed by atoms with Crippen LogP contribution in [0.5, 0.6) is 0 Å². The van der Waals surface area contributed by atoms with E-state index in [-0.39, 0.29) is 31.1 Å². The Bertz CT molecular complexity index is 920. The first-order valence-corrected chi connectivity index (χ1v) is 27.4. The van der Waals surface area contributed by atoms with Crippen molar-refractivity contribution in [1.29, 1.82) is 0 Å². The highest BCUT2D eigenvalue weighted by Gasteiger charge is 2.19. The van der Waals surface area contributed by atoms with Crippen molar-refractivity contribution in [3.8, 4) is 0 Å². The lowest BCUT2D eigenvalue weighted by atomic mass is 9.99. The summed E-state index contributed by atoms with van der Waals surface area (Å²) < 4.78 is 16.9. The molecule has 6 heteroatoms. The first kappa shape index (κ1) is 59.4. The van der Waals surface area contributed by atoms with E-state index in [2.05, 4.69) is 27.7 Å². The van der Waals surface area contributed by atoms with E-state index in [1.165, 1.54) is 205 Å². The lowest BCUT2D eigenvalue weighted by Crippen LogP contribution is -2.30. The van der Waals surface area contributed by atoms with Gasteiger partial charge in [0.05, 0.1) is 0 Å². The van der Waals surface area contributed by atoms with Gasteiger partial charge in [0.15, 0.2) is 6.10 Å². The SMILES string of the molecule is CCCCCCCCCCCCCCCCCCC(=O)O[C@H](COC(=O)CCCCCCCCCCCCCCC)COC(=O)CCCCCCCCCCCCC(C)CC. The van der Waals surface area contributed by atoms with Crippen LogP contribution in [0.1, 0.15) is 310 Å². The van der Waals surface area contributed by atoms with Crippen molar-refractivity contribution in [1.82, 2.24) is 0 Å². The fourth-order valence-corrected chi connectivity index (χ4v) is 8.36. The second-order valence-corrected chi connectivity index (χ2v) is 19.1. The summed E-state index contributed by atoms with van der Waals surface area (Å²) in [6.07, 6.45) is 52.2. The minimum atomic E-state index is -0.761. The van der Waals surface area contributed by atoms with Crippen LogP contribution in [0.2, 0.25) is 0 Å². The van der Waals surface area contributed by atoms with Gasteiger partial charge in [-0.15, -0.1) is 0 Å². The minimum absolute atomic E-state index is 0.0624. The molecule has 0 saturated heterocycles. The van der Waals surface area contributed by atoms with Gasteiger partial charge in [0.1, 0.15) is 13.2 Å². The molecular formula is C55H106O6. The number of hydrogen-bond acceptors (Lipinski definition) is 6. The van der Waals surface area contributed by atoms with Gasteiger partial charge in [-0.1, -0.05) is 272 Å². The van der Waals surface area contributed by atoms with E-state index in [0.717, 1.165) is 63.7 Å². The molecule has 0 bridgehead atoms. The average Bonchev–Trinajstić information content (AvgIpc) is 3.26. The van der Waals surface area contributed by atoms with Gasteiger partial charge in [0, 0.05) is 19.3 Å². The number of rotatable bonds is 50. The standard InChI is InChI=1S/C55H106O6/c1-5-8-10-12-14-16-18-20-21-22-24-26-32-36-40-44-48-55(58)61-52(49-59-53(56)46-42-38-34-30-25-23-19-17-15-13-11-9-6-2)50-60-54(57)47-43-39-35-31-28-27-29-33-37-41-45-51(4)7-3/h51-52H,5-50H2,1-4H3/t51?,52-/m1/s1. The maximum atomic E-state index is 12.8. The summed E-state index contributed by atoms with van der Waals surface area (Å²) in [6.45, 7) is 9.06. The maximum absolute atomic E-state index is 12.8. The quantitative estimate of drug-likeness (QED) is 0.0344. The largest absolute Gasteiger partial charge is 0.462 e. The Morgan fingerprint density at radius 2 is 0.574 bits per heavy atom. The predicted molar refractivity (Wildman–Crippen MR) is 261 cm³/mol. The van der Waals surface area contributed by atoms with Crippen LogP contribution in [0.15, 0.2) is 0 Å². The third-order valence-electron chi connectivity index (χ3n) is 12.9. The van der Waals surface area contributed by atoms with E-state index in [4.69, 9.17) is 14.2 Å². The zero-order valence-electron chi connectivity index (χ0n) is 41.6. The molecule has 6 nitrogen and oxygen atoms in total. The molecule has 0 aliphatic rings. The molecule has 0 rings (SSSR count). The summed E-state index contributed by atoms with van der Waals surface area (Å²) in [6, 6.07) is 0. The van der Waals surface area contributed by atoms with Crippen LogP contribution in [0, 0.1) is 5.92 Å². The molecule has 0 aromatic carbocycles. The van der Waals surface area contributed by atoms with Gasteiger partial charge in [0.25, 0.3) is 0 Å². The van der Waals surface area contributed by atoms with Crippen LogP contribution < -0.4 is 0 Å². The fourth-order valence-electron chi connectivity index (χ4n) is 8.36. The maximum Gasteiger partial charge on any atom is 0.306 e. The molecule has 2 atom stereocenters. The average molecular weight is 863 g/mol. The summed E-state index contributed by atoms with van der Waals surface area (Å²) in [5.74, 6) is 0.0299. The van der Waals surface area contributed by atoms with E-state index >= 15 is 0 Å². The molecule has 61 heavy (non-hydrogen) atoms. The Labute approximate surface area is 380 Å². The fraction of sp³-hybridized carbons (Fsp3) is 0.945. The second kappa shape index (κ2) is 49.4. The summed E-state index contributed by atoms with van der Waals surface area (Å²) >= 11 is 0. The number of hydrogen-bond donors (Lipinski definition) is 0. The molecule has 0 fully saturated rings. The Balaban J connectivity index is 4.31. The number of carbonyl (C=O) groups excluding carboxylic acids is 3. The Morgan fingerprint density at radius 3 is 0.852 bits per heavy atom. The van der Waals surface area contributed by atoms with Crippen LogP contribution in [0.4, 0.5) is 0 Å². The van der Waals surface area contributed by atoms with Crippen LogP contribution in [0.25, 0.3) is 0 Å². The van der Waals surface area contributed by atoms with Crippen LogP contribution in [0.3, 0.4) is 0 Å². The molecule has 0 aliphatic carbocycles. The van der Waals surface area contributed by atoms with Crippen molar-refractivity contribution < 1.29 is 28.6 Å². The van der Waals surface area contributed by atoms with Crippen LogP contribution >= 0.6 is 0 Å². The highest BCUT2D eigenvalue weighted by molar-refractivity contribution is 5.71. The smallest absolute Gasteiger partial charge is 0.306 e. The highest BCUT2D eigenvalue weighted by Crippen LogP contribution is 2.18. The lowest BCUT2D eigenvalue weighted by molar-refractivity contribution is -0.167. The first-order valence-electron chi connectivity index (χ1n) is 27.4. The summed E-state index contributed by atoms with van der Waals surface area (Å²) in [5.41, 5.74) is 0. The van der Waals surface area contributed by atoms with Gasteiger partial charge in [-0.05, 0) is 25.2 Å². The Hall–Kier alpha value is -1.59. The summed E-state index contributed by atoms with van der Waals surface area (Å²) in [7, 11) is 0. The van der Waals surface area contributed by atoms with Crippen LogP contribution in [-0.2, 0) is 28.6 Å². The van der Waals surface area contributed by atoms with E-state index in [0.29, 0.717) is 19.3 Å². The van der Waals surface area contributed by atoms with Gasteiger partial charge in [-0.3, -0.25) is 14.4 Å². The molecule has 0 N–H and O–H groups in total. The van der Waals surface area contributed by atoms with E-state index < -0.39 is 6.10 Å². The minimum Gasteiger partial charge on any atom is -0.462 e. The second-order valence-electron chi connectivity index (χ2n) is 19.1.